The summed E-state index contributed by atoms with van der Waals surface area (Å²) >= 11 is 0. The minimum atomic E-state index is -5.00. The zero-order chi connectivity index (χ0) is 31.0. The predicted molar refractivity (Wildman–Crippen MR) is 144 cm³/mol. The van der Waals surface area contributed by atoms with Crippen molar-refractivity contribution in [2.45, 2.75) is 49.4 Å². The average molecular weight is 657 g/mol. The van der Waals surface area contributed by atoms with Gasteiger partial charge in [-0.25, -0.2) is 24.1 Å². The Kier molecular flexibility index (Phi) is 7.11. The Labute approximate surface area is 244 Å². The predicted octanol–water partition coefficient (Wildman–Crippen LogP) is -0.707. The molecule has 3 saturated heterocycles. The number of rotatable bonds is 2. The molecule has 0 radical (unpaired) electrons. The van der Waals surface area contributed by atoms with Crippen LogP contribution in [0.1, 0.15) is 18.9 Å². The average Bonchev–Trinajstić information content (AvgIpc) is 3.72. The van der Waals surface area contributed by atoms with Crippen LogP contribution in [0.2, 0.25) is 0 Å². The highest BCUT2D eigenvalue weighted by Gasteiger charge is 2.52. The molecule has 0 saturated carbocycles. The van der Waals surface area contributed by atoms with Gasteiger partial charge in [0.15, 0.2) is 23.0 Å². The normalized spacial score (nSPS) is 36.6. The number of phosphoric ester groups is 2. The van der Waals surface area contributed by atoms with Gasteiger partial charge < -0.3 is 35.8 Å². The number of aromatic nitrogens is 7. The van der Waals surface area contributed by atoms with E-state index in [-0.39, 0.29) is 23.5 Å². The van der Waals surface area contributed by atoms with Crippen LogP contribution in [-0.2, 0) is 36.7 Å². The number of aliphatic hydroxyl groups excluding tert-OH is 1. The highest BCUT2D eigenvalue weighted by Crippen LogP contribution is 2.53. The van der Waals surface area contributed by atoms with Gasteiger partial charge in [-0.2, -0.15) is 4.98 Å². The van der Waals surface area contributed by atoms with Crippen LogP contribution in [0.15, 0.2) is 29.7 Å². The lowest BCUT2D eigenvalue weighted by Gasteiger charge is -2.25. The molecule has 2 bridgehead atoms. The van der Waals surface area contributed by atoms with Crippen LogP contribution in [-0.4, -0.2) is 92.7 Å². The van der Waals surface area contributed by atoms with E-state index in [4.69, 9.17) is 39.0 Å². The summed E-state index contributed by atoms with van der Waals surface area (Å²) in [5, 5.41) is 11.0. The topological polar surface area (TPSA) is 297 Å². The Hall–Kier alpha value is -3.33. The quantitative estimate of drug-likeness (QED) is 0.145. The van der Waals surface area contributed by atoms with E-state index in [0.29, 0.717) is 16.9 Å². The lowest BCUT2D eigenvalue weighted by Crippen LogP contribution is -2.35. The number of H-pyrrole nitrogens is 1. The zero-order valence-electron chi connectivity index (χ0n) is 22.2. The molecule has 7 heterocycles. The number of hydrogen-bond acceptors (Lipinski definition) is 16. The Morgan fingerprint density at radius 3 is 2.41 bits per heavy atom. The highest BCUT2D eigenvalue weighted by atomic mass is 31.2. The first kappa shape index (κ1) is 29.4. The summed E-state index contributed by atoms with van der Waals surface area (Å²) in [6, 6.07) is 1.57. The number of aromatic amines is 1. The SMILES string of the molecule is Nc1nc2c(ncn2[C@@H]2O[C@@H]3COP(=O)(O)O[C@@H]4C[C@H](n5cnc6c(N)ccnc65)O[C@@H]4COP(=O)(O)OC2[C@H]3O)c(=O)[nH]1. The maximum atomic E-state index is 13.2. The van der Waals surface area contributed by atoms with Crippen molar-refractivity contribution < 1.29 is 51.6 Å². The number of pyridine rings is 1. The fraction of sp³-hybridized carbons (Fsp3) is 0.476. The van der Waals surface area contributed by atoms with Gasteiger partial charge >= 0.3 is 15.6 Å². The minimum Gasteiger partial charge on any atom is -0.397 e. The molecule has 4 aromatic heterocycles. The van der Waals surface area contributed by atoms with Gasteiger partial charge in [-0.05, 0) is 6.07 Å². The molecule has 236 valence electrons. The maximum Gasteiger partial charge on any atom is 0.472 e. The number of hydrogen-bond donors (Lipinski definition) is 6. The standard InChI is InChI=1S/C21H25N9O12P2/c22-8-1-2-24-17-13(8)25-6-29(17)12-3-9-10(39-12)4-37-44(35,36)42-16-15(31)11(5-38-43(33,34)41-9)40-20(16)30-7-26-14-18(30)27-21(23)28-19(14)32/h1-2,6-7,9-12,15-16,20,31H,3-5H2,(H2,22,24)(H,33,34)(H,35,36)(H3,23,27,28,32)/t9-,10-,11-,12-,15+,16?,20-/m1/s1. The molecule has 21 nitrogen and oxygen atoms in total. The number of phosphoric acid groups is 2. The molecule has 3 unspecified atom stereocenters. The van der Waals surface area contributed by atoms with Gasteiger partial charge in [0.25, 0.3) is 5.56 Å². The lowest BCUT2D eigenvalue weighted by atomic mass is 10.1. The van der Waals surface area contributed by atoms with E-state index < -0.39 is 77.4 Å². The van der Waals surface area contributed by atoms with Crippen LogP contribution in [0.3, 0.4) is 0 Å². The lowest BCUT2D eigenvalue weighted by molar-refractivity contribution is -0.0670. The molecule has 44 heavy (non-hydrogen) atoms. The monoisotopic (exact) mass is 657 g/mol. The summed E-state index contributed by atoms with van der Waals surface area (Å²) in [5.74, 6) is -0.260. The first-order chi connectivity index (χ1) is 20.9. The number of nitrogen functional groups attached to an aromatic ring is 2. The molecule has 0 spiro atoms. The Morgan fingerprint density at radius 1 is 0.909 bits per heavy atom. The molecule has 0 aromatic carbocycles. The fourth-order valence-corrected chi connectivity index (χ4v) is 7.23. The van der Waals surface area contributed by atoms with Gasteiger partial charge in [-0.1, -0.05) is 0 Å². The first-order valence-electron chi connectivity index (χ1n) is 13.0. The van der Waals surface area contributed by atoms with Crippen LogP contribution >= 0.6 is 15.6 Å². The largest absolute Gasteiger partial charge is 0.472 e. The third-order valence-corrected chi connectivity index (χ3v) is 9.35. The van der Waals surface area contributed by atoms with Crippen molar-refractivity contribution in [2.75, 3.05) is 24.7 Å². The smallest absolute Gasteiger partial charge is 0.397 e. The molecule has 8 N–H and O–H groups in total. The van der Waals surface area contributed by atoms with Crippen molar-refractivity contribution in [3.8, 4) is 0 Å². The number of fused-ring (bicyclic) bond motifs is 5. The van der Waals surface area contributed by atoms with Crippen LogP contribution < -0.4 is 17.0 Å². The number of anilines is 2. The third kappa shape index (κ3) is 5.21. The summed E-state index contributed by atoms with van der Waals surface area (Å²) in [6.45, 7) is -1.38. The molecule has 0 amide bonds. The minimum absolute atomic E-state index is 0.0450. The summed E-state index contributed by atoms with van der Waals surface area (Å²) in [5.41, 5.74) is 11.8. The van der Waals surface area contributed by atoms with Gasteiger partial charge in [-0.15, -0.1) is 0 Å². The second kappa shape index (κ2) is 10.6. The van der Waals surface area contributed by atoms with Crippen molar-refractivity contribution in [1.29, 1.82) is 0 Å². The number of aliphatic hydroxyl groups is 1. The molecule has 7 rings (SSSR count). The summed E-state index contributed by atoms with van der Waals surface area (Å²) in [6.07, 6.45) is -5.47. The van der Waals surface area contributed by atoms with Crippen molar-refractivity contribution in [3.05, 3.63) is 35.3 Å². The zero-order valence-corrected chi connectivity index (χ0v) is 24.0. The van der Waals surface area contributed by atoms with Crippen molar-refractivity contribution in [2.24, 2.45) is 0 Å². The van der Waals surface area contributed by atoms with Crippen molar-refractivity contribution in [3.63, 3.8) is 0 Å². The van der Waals surface area contributed by atoms with Gasteiger partial charge in [0.1, 0.15) is 42.3 Å². The van der Waals surface area contributed by atoms with E-state index in [1.54, 1.807) is 6.07 Å². The number of ether oxygens (including phenoxy) is 2. The highest BCUT2D eigenvalue weighted by molar-refractivity contribution is 7.47. The first-order valence-corrected chi connectivity index (χ1v) is 16.0. The molecule has 3 fully saturated rings. The van der Waals surface area contributed by atoms with Crippen LogP contribution in [0.4, 0.5) is 11.6 Å². The fourth-order valence-electron chi connectivity index (χ4n) is 5.34. The van der Waals surface area contributed by atoms with Crippen LogP contribution in [0, 0.1) is 0 Å². The number of imidazole rings is 2. The van der Waals surface area contributed by atoms with E-state index in [1.165, 1.54) is 17.1 Å². The van der Waals surface area contributed by atoms with Gasteiger partial charge in [0, 0.05) is 12.6 Å². The summed E-state index contributed by atoms with van der Waals surface area (Å²) in [7, 11) is -9.86. The Morgan fingerprint density at radius 2 is 1.61 bits per heavy atom. The van der Waals surface area contributed by atoms with E-state index in [2.05, 4.69) is 24.9 Å². The summed E-state index contributed by atoms with van der Waals surface area (Å²) in [4.78, 5) is 52.3. The second-order valence-electron chi connectivity index (χ2n) is 10.2. The number of nitrogens with one attached hydrogen (secondary N) is 1. The van der Waals surface area contributed by atoms with E-state index in [9.17, 15) is 28.8 Å². The van der Waals surface area contributed by atoms with Crippen LogP contribution in [0.5, 0.6) is 0 Å². The second-order valence-corrected chi connectivity index (χ2v) is 13.0. The number of nitrogens with zero attached hydrogens (tertiary/aromatic N) is 6. The van der Waals surface area contributed by atoms with Gasteiger partial charge in [-0.3, -0.25) is 37.0 Å². The molecular weight excluding hydrogens is 632 g/mol. The summed E-state index contributed by atoms with van der Waals surface area (Å²) < 4.78 is 61.8. The van der Waals surface area contributed by atoms with Crippen molar-refractivity contribution >= 4 is 49.6 Å². The molecule has 9 atom stereocenters. The molecule has 4 aromatic rings. The van der Waals surface area contributed by atoms with Gasteiger partial charge in [0.05, 0.1) is 31.6 Å². The van der Waals surface area contributed by atoms with Crippen LogP contribution in [0.25, 0.3) is 22.3 Å². The van der Waals surface area contributed by atoms with E-state index >= 15 is 0 Å². The molecule has 23 heteroatoms. The third-order valence-electron chi connectivity index (χ3n) is 7.35. The van der Waals surface area contributed by atoms with E-state index in [0.717, 1.165) is 10.9 Å². The Bertz CT molecular complexity index is 1900. The molecule has 3 aliphatic rings. The van der Waals surface area contributed by atoms with Gasteiger partial charge in [0.2, 0.25) is 5.95 Å². The molecule has 3 aliphatic heterocycles. The molecule has 0 aliphatic carbocycles. The maximum absolute atomic E-state index is 13.2. The molecular formula is C21H25N9O12P2. The van der Waals surface area contributed by atoms with E-state index in [1.807, 2.05) is 0 Å². The number of nitrogens with two attached hydrogens (primary N) is 2. The Balaban J connectivity index is 1.19. The van der Waals surface area contributed by atoms with Crippen molar-refractivity contribution in [1.82, 2.24) is 34.1 Å².